The number of carbonyl (C=O) groups is 1. The number of fused-ring (bicyclic) bond motifs is 1. The molecule has 3 heterocycles. The molecule has 4 rings (SSSR count). The second kappa shape index (κ2) is 5.51. The van der Waals surface area contributed by atoms with E-state index in [4.69, 9.17) is 0 Å². The molecule has 0 atom stereocenters. The fourth-order valence-electron chi connectivity index (χ4n) is 3.41. The van der Waals surface area contributed by atoms with Crippen LogP contribution in [0.2, 0.25) is 0 Å². The van der Waals surface area contributed by atoms with Gasteiger partial charge in [0.1, 0.15) is 5.82 Å². The number of nitrogens with one attached hydrogen (secondary N) is 1. The topological polar surface area (TPSA) is 71.0 Å². The summed E-state index contributed by atoms with van der Waals surface area (Å²) in [6, 6.07) is 4.36. The van der Waals surface area contributed by atoms with E-state index in [0.29, 0.717) is 5.95 Å². The van der Waals surface area contributed by atoms with Gasteiger partial charge in [-0.05, 0) is 48.7 Å². The van der Waals surface area contributed by atoms with Gasteiger partial charge in [-0.3, -0.25) is 9.69 Å². The Labute approximate surface area is 148 Å². The highest BCUT2D eigenvalue weighted by Gasteiger charge is 2.50. The van der Waals surface area contributed by atoms with Crippen molar-refractivity contribution in [3.05, 3.63) is 40.8 Å². The van der Waals surface area contributed by atoms with Crippen molar-refractivity contribution in [1.82, 2.24) is 15.0 Å². The zero-order valence-electron chi connectivity index (χ0n) is 13.5. The van der Waals surface area contributed by atoms with Gasteiger partial charge in [0, 0.05) is 36.2 Å². The minimum Gasteiger partial charge on any atom is -0.351 e. The predicted octanol–water partition coefficient (Wildman–Crippen LogP) is 2.90. The summed E-state index contributed by atoms with van der Waals surface area (Å²) in [6.07, 6.45) is 6.94. The van der Waals surface area contributed by atoms with Crippen LogP contribution in [0.1, 0.15) is 32.3 Å². The Bertz CT molecular complexity index is 786. The Morgan fingerprint density at radius 1 is 1.25 bits per heavy atom. The normalized spacial score (nSPS) is 24.5. The lowest BCUT2D eigenvalue weighted by molar-refractivity contribution is -0.122. The zero-order chi connectivity index (χ0) is 16.9. The van der Waals surface area contributed by atoms with Gasteiger partial charge in [0.05, 0.1) is 9.89 Å². The van der Waals surface area contributed by atoms with Gasteiger partial charge in [0.2, 0.25) is 11.9 Å². The Morgan fingerprint density at radius 2 is 1.96 bits per heavy atom. The molecule has 24 heavy (non-hydrogen) atoms. The number of hydrogen-bond acceptors (Lipinski definition) is 5. The molecule has 124 valence electrons. The van der Waals surface area contributed by atoms with Crippen LogP contribution in [0, 0.1) is 0 Å². The van der Waals surface area contributed by atoms with Gasteiger partial charge in [-0.15, -0.1) is 0 Å². The van der Waals surface area contributed by atoms with E-state index < -0.39 is 5.41 Å². The lowest BCUT2D eigenvalue weighted by atomic mass is 9.84. The quantitative estimate of drug-likeness (QED) is 0.876. The largest absolute Gasteiger partial charge is 0.351 e. The summed E-state index contributed by atoms with van der Waals surface area (Å²) in [6.45, 7) is 3.94. The number of hydrogen-bond donors (Lipinski definition) is 1. The first-order valence-electron chi connectivity index (χ1n) is 8.00. The fraction of sp³-hybridized carbons (Fsp3) is 0.412. The van der Waals surface area contributed by atoms with Crippen LogP contribution in [0.4, 0.5) is 11.8 Å². The number of amides is 1. The molecule has 1 saturated carbocycles. The van der Waals surface area contributed by atoms with Gasteiger partial charge >= 0.3 is 0 Å². The van der Waals surface area contributed by atoms with Gasteiger partial charge < -0.3 is 5.32 Å². The van der Waals surface area contributed by atoms with Crippen molar-refractivity contribution in [1.29, 1.82) is 0 Å². The number of rotatable bonds is 3. The molecule has 0 bridgehead atoms. The van der Waals surface area contributed by atoms with Gasteiger partial charge in [-0.25, -0.2) is 15.0 Å². The molecule has 1 N–H and O–H groups in total. The highest BCUT2D eigenvalue weighted by Crippen LogP contribution is 2.44. The number of anilines is 2. The second-order valence-electron chi connectivity index (χ2n) is 6.87. The highest BCUT2D eigenvalue weighted by molar-refractivity contribution is 9.10. The van der Waals surface area contributed by atoms with Crippen LogP contribution in [0.15, 0.2) is 35.2 Å². The summed E-state index contributed by atoms with van der Waals surface area (Å²) >= 11 is 3.33. The summed E-state index contributed by atoms with van der Waals surface area (Å²) in [5, 5.41) is 3.32. The summed E-state index contributed by atoms with van der Waals surface area (Å²) in [5.74, 6) is 1.57. The van der Waals surface area contributed by atoms with Gasteiger partial charge in [-0.1, -0.05) is 6.07 Å². The summed E-state index contributed by atoms with van der Waals surface area (Å²) in [4.78, 5) is 27.7. The lowest BCUT2D eigenvalue weighted by Gasteiger charge is -2.41. The molecule has 1 aliphatic carbocycles. The van der Waals surface area contributed by atoms with Crippen molar-refractivity contribution in [2.75, 3.05) is 10.2 Å². The highest BCUT2D eigenvalue weighted by atomic mass is 79.9. The smallest absolute Gasteiger partial charge is 0.238 e. The molecule has 0 spiro atoms. The molecule has 0 unspecified atom stereocenters. The van der Waals surface area contributed by atoms with Crippen LogP contribution < -0.4 is 10.2 Å². The molecule has 6 nitrogen and oxygen atoms in total. The maximum Gasteiger partial charge on any atom is 0.238 e. The molecule has 1 fully saturated rings. The third kappa shape index (κ3) is 2.38. The van der Waals surface area contributed by atoms with Gasteiger partial charge in [-0.2, -0.15) is 0 Å². The molecule has 2 aromatic heterocycles. The maximum atomic E-state index is 12.9. The monoisotopic (exact) mass is 387 g/mol. The molecule has 0 radical (unpaired) electrons. The van der Waals surface area contributed by atoms with E-state index in [2.05, 4.69) is 36.2 Å². The average molecular weight is 388 g/mol. The second-order valence-corrected chi connectivity index (χ2v) is 7.78. The molecule has 2 aromatic rings. The standard InChI is InChI=1S/C17H18BrN5O/c1-17(2)13-4-3-5-19-14(13)23(15(17)24)12-6-11(7-12)22-16-20-8-10(18)9-21-16/h3-5,8-9,11-12H,6-7H2,1-2H3,(H,20,21,22). The van der Waals surface area contributed by atoms with E-state index in [9.17, 15) is 4.79 Å². The molecule has 1 amide bonds. The fourth-order valence-corrected chi connectivity index (χ4v) is 3.62. The van der Waals surface area contributed by atoms with Crippen LogP contribution in [-0.2, 0) is 10.2 Å². The Hall–Kier alpha value is -2.02. The minimum absolute atomic E-state index is 0.138. The van der Waals surface area contributed by atoms with Crippen molar-refractivity contribution in [2.24, 2.45) is 0 Å². The Balaban J connectivity index is 1.47. The van der Waals surface area contributed by atoms with Gasteiger partial charge in [0.25, 0.3) is 0 Å². The Morgan fingerprint density at radius 3 is 2.67 bits per heavy atom. The predicted molar refractivity (Wildman–Crippen MR) is 94.9 cm³/mol. The summed E-state index contributed by atoms with van der Waals surface area (Å²) < 4.78 is 0.854. The molecule has 7 heteroatoms. The molecule has 1 aliphatic heterocycles. The van der Waals surface area contributed by atoms with E-state index in [-0.39, 0.29) is 18.0 Å². The number of halogens is 1. The van der Waals surface area contributed by atoms with Crippen LogP contribution in [-0.4, -0.2) is 32.9 Å². The third-order valence-corrected chi connectivity index (χ3v) is 5.28. The molecular weight excluding hydrogens is 370 g/mol. The molecule has 0 saturated heterocycles. The van der Waals surface area contributed by atoms with Crippen molar-refractivity contribution in [3.8, 4) is 0 Å². The van der Waals surface area contributed by atoms with Crippen molar-refractivity contribution < 1.29 is 4.79 Å². The molecule has 0 aromatic carbocycles. The first-order chi connectivity index (χ1) is 11.5. The van der Waals surface area contributed by atoms with Crippen LogP contribution in [0.25, 0.3) is 0 Å². The SMILES string of the molecule is CC1(C)C(=O)N(C2CC(Nc3ncc(Br)cn3)C2)c2ncccc21. The number of aromatic nitrogens is 3. The third-order valence-electron chi connectivity index (χ3n) is 4.87. The van der Waals surface area contributed by atoms with Crippen molar-refractivity contribution in [3.63, 3.8) is 0 Å². The van der Waals surface area contributed by atoms with E-state index in [0.717, 1.165) is 28.7 Å². The Kier molecular flexibility index (Phi) is 3.56. The van der Waals surface area contributed by atoms with Crippen LogP contribution in [0.5, 0.6) is 0 Å². The zero-order valence-corrected chi connectivity index (χ0v) is 15.1. The van der Waals surface area contributed by atoms with E-state index in [1.807, 2.05) is 30.9 Å². The molecular formula is C17H18BrN5O. The number of nitrogens with zero attached hydrogens (tertiary/aromatic N) is 4. The molecule has 2 aliphatic rings. The van der Waals surface area contributed by atoms with Crippen molar-refractivity contribution >= 4 is 33.6 Å². The summed E-state index contributed by atoms with van der Waals surface area (Å²) in [5.41, 5.74) is 0.513. The number of carbonyl (C=O) groups excluding carboxylic acids is 1. The van der Waals surface area contributed by atoms with Crippen LogP contribution >= 0.6 is 15.9 Å². The minimum atomic E-state index is -0.503. The van der Waals surface area contributed by atoms with E-state index >= 15 is 0 Å². The maximum absolute atomic E-state index is 12.9. The first-order valence-corrected chi connectivity index (χ1v) is 8.79. The first kappa shape index (κ1) is 15.5. The van der Waals surface area contributed by atoms with E-state index in [1.165, 1.54) is 0 Å². The lowest BCUT2D eigenvalue weighted by Crippen LogP contribution is -2.53. The van der Waals surface area contributed by atoms with E-state index in [1.54, 1.807) is 18.6 Å². The van der Waals surface area contributed by atoms with Gasteiger partial charge in [0.15, 0.2) is 0 Å². The summed E-state index contributed by atoms with van der Waals surface area (Å²) in [7, 11) is 0. The number of pyridine rings is 1. The average Bonchev–Trinajstić information content (AvgIpc) is 2.73. The van der Waals surface area contributed by atoms with Crippen molar-refractivity contribution in [2.45, 2.75) is 44.2 Å². The van der Waals surface area contributed by atoms with Crippen LogP contribution in [0.3, 0.4) is 0 Å².